The third-order valence-electron chi connectivity index (χ3n) is 2.76. The van der Waals surface area contributed by atoms with Crippen molar-refractivity contribution in [1.29, 1.82) is 0 Å². The quantitative estimate of drug-likeness (QED) is 0.583. The molecular weight excluding hydrogens is 144 g/mol. The van der Waals surface area contributed by atoms with E-state index in [1.807, 2.05) is 0 Å². The molecule has 0 radical (unpaired) electrons. The summed E-state index contributed by atoms with van der Waals surface area (Å²) in [5.41, 5.74) is 4.89. The van der Waals surface area contributed by atoms with E-state index in [9.17, 15) is 0 Å². The summed E-state index contributed by atoms with van der Waals surface area (Å²) in [6, 6.07) is 0. The molecule has 0 atom stereocenters. The van der Waals surface area contributed by atoms with Crippen molar-refractivity contribution in [2.45, 2.75) is 52.9 Å². The molecule has 0 amide bonds. The summed E-state index contributed by atoms with van der Waals surface area (Å²) in [6.07, 6.45) is 8.82. The van der Waals surface area contributed by atoms with Crippen molar-refractivity contribution in [1.82, 2.24) is 0 Å². The molecule has 0 nitrogen and oxygen atoms in total. The first kappa shape index (κ1) is 9.57. The molecule has 0 N–H and O–H groups in total. The Hall–Kier alpha value is -0.520. The van der Waals surface area contributed by atoms with Crippen molar-refractivity contribution in [3.05, 3.63) is 22.8 Å². The fourth-order valence-corrected chi connectivity index (χ4v) is 1.89. The second-order valence-electron chi connectivity index (χ2n) is 3.63. The minimum absolute atomic E-state index is 1.22. The van der Waals surface area contributed by atoms with Crippen LogP contribution < -0.4 is 0 Å². The summed E-state index contributed by atoms with van der Waals surface area (Å²) in [5, 5.41) is 0. The van der Waals surface area contributed by atoms with Crippen molar-refractivity contribution in [3.8, 4) is 0 Å². The Morgan fingerprint density at radius 1 is 1.33 bits per heavy atom. The molecule has 12 heavy (non-hydrogen) atoms. The monoisotopic (exact) mass is 164 g/mol. The van der Waals surface area contributed by atoms with Crippen LogP contribution in [0.15, 0.2) is 22.8 Å². The largest absolute Gasteiger partial charge is 0.0772 e. The Morgan fingerprint density at radius 3 is 2.67 bits per heavy atom. The van der Waals surface area contributed by atoms with Gasteiger partial charge >= 0.3 is 0 Å². The van der Waals surface area contributed by atoms with E-state index < -0.39 is 0 Å². The predicted octanol–water partition coefficient (Wildman–Crippen LogP) is 4.23. The lowest BCUT2D eigenvalue weighted by molar-refractivity contribution is 0.783. The summed E-state index contributed by atoms with van der Waals surface area (Å²) in [5.74, 6) is 0. The zero-order valence-electron chi connectivity index (χ0n) is 8.61. The highest BCUT2D eigenvalue weighted by atomic mass is 14.2. The van der Waals surface area contributed by atoms with Crippen LogP contribution in [0.3, 0.4) is 0 Å². The van der Waals surface area contributed by atoms with E-state index >= 15 is 0 Å². The van der Waals surface area contributed by atoms with Gasteiger partial charge in [0.25, 0.3) is 0 Å². The Labute approximate surface area is 76.4 Å². The Balaban J connectivity index is 2.60. The third-order valence-corrected chi connectivity index (χ3v) is 2.76. The third kappa shape index (κ3) is 2.00. The molecule has 0 saturated carbocycles. The lowest BCUT2D eigenvalue weighted by Gasteiger charge is -2.06. The van der Waals surface area contributed by atoms with Crippen molar-refractivity contribution >= 4 is 0 Å². The molecule has 0 heteroatoms. The van der Waals surface area contributed by atoms with Crippen molar-refractivity contribution in [2.24, 2.45) is 0 Å². The van der Waals surface area contributed by atoms with Gasteiger partial charge in [-0.25, -0.2) is 0 Å². The summed E-state index contributed by atoms with van der Waals surface area (Å²) in [7, 11) is 0. The number of hydrogen-bond donors (Lipinski definition) is 0. The maximum Gasteiger partial charge on any atom is -0.0127 e. The van der Waals surface area contributed by atoms with E-state index in [4.69, 9.17) is 0 Å². The van der Waals surface area contributed by atoms with Crippen molar-refractivity contribution in [2.75, 3.05) is 0 Å². The zero-order valence-corrected chi connectivity index (χ0v) is 8.61. The number of rotatable bonds is 4. The molecule has 0 heterocycles. The van der Waals surface area contributed by atoms with Crippen molar-refractivity contribution < 1.29 is 0 Å². The smallest absolute Gasteiger partial charge is 0.0127 e. The average Bonchev–Trinajstić information content (AvgIpc) is 2.43. The van der Waals surface area contributed by atoms with E-state index in [1.54, 1.807) is 16.7 Å². The second-order valence-corrected chi connectivity index (χ2v) is 3.63. The number of allylic oxidation sites excluding steroid dienone is 4. The number of hydrogen-bond acceptors (Lipinski definition) is 0. The van der Waals surface area contributed by atoms with Crippen LogP contribution in [0.2, 0.25) is 0 Å². The predicted molar refractivity (Wildman–Crippen MR) is 55.2 cm³/mol. The highest BCUT2D eigenvalue weighted by Gasteiger charge is 2.11. The van der Waals surface area contributed by atoms with E-state index in [1.165, 1.54) is 32.1 Å². The topological polar surface area (TPSA) is 0 Å². The SMILES string of the molecule is CCCCC1=C(CC)CC=C1C. The molecule has 0 saturated heterocycles. The van der Waals surface area contributed by atoms with E-state index in [0.29, 0.717) is 0 Å². The summed E-state index contributed by atoms with van der Waals surface area (Å²) >= 11 is 0. The molecule has 0 aromatic rings. The molecule has 1 aliphatic carbocycles. The van der Waals surface area contributed by atoms with Crippen LogP contribution in [0.1, 0.15) is 52.9 Å². The number of unbranched alkanes of at least 4 members (excludes halogenated alkanes) is 1. The van der Waals surface area contributed by atoms with Gasteiger partial charge in [-0.2, -0.15) is 0 Å². The summed E-state index contributed by atoms with van der Waals surface area (Å²) in [6.45, 7) is 6.79. The van der Waals surface area contributed by atoms with Gasteiger partial charge in [-0.3, -0.25) is 0 Å². The van der Waals surface area contributed by atoms with Gasteiger partial charge in [0.05, 0.1) is 0 Å². The lowest BCUT2D eigenvalue weighted by Crippen LogP contribution is -1.87. The van der Waals surface area contributed by atoms with Gasteiger partial charge in [0, 0.05) is 0 Å². The molecule has 0 spiro atoms. The maximum absolute atomic E-state index is 2.38. The van der Waals surface area contributed by atoms with Crippen LogP contribution in [0.4, 0.5) is 0 Å². The molecule has 0 aromatic carbocycles. The van der Waals surface area contributed by atoms with Crippen LogP contribution in [0.25, 0.3) is 0 Å². The highest BCUT2D eigenvalue weighted by Crippen LogP contribution is 2.31. The lowest BCUT2D eigenvalue weighted by atomic mass is 9.99. The van der Waals surface area contributed by atoms with Gasteiger partial charge in [0.2, 0.25) is 0 Å². The second kappa shape index (κ2) is 4.49. The van der Waals surface area contributed by atoms with Crippen LogP contribution in [0, 0.1) is 0 Å². The Kier molecular flexibility index (Phi) is 3.58. The zero-order chi connectivity index (χ0) is 8.97. The normalized spacial score (nSPS) is 17.1. The fourth-order valence-electron chi connectivity index (χ4n) is 1.89. The average molecular weight is 164 g/mol. The molecule has 0 unspecified atom stereocenters. The Bertz CT molecular complexity index is 206. The van der Waals surface area contributed by atoms with Crippen LogP contribution in [-0.2, 0) is 0 Å². The van der Waals surface area contributed by atoms with Gasteiger partial charge in [-0.05, 0) is 38.2 Å². The highest BCUT2D eigenvalue weighted by molar-refractivity contribution is 5.40. The molecule has 1 aliphatic rings. The molecular formula is C12H20. The first-order valence-corrected chi connectivity index (χ1v) is 5.17. The van der Waals surface area contributed by atoms with E-state index in [2.05, 4.69) is 26.8 Å². The van der Waals surface area contributed by atoms with Crippen LogP contribution in [0.5, 0.6) is 0 Å². The van der Waals surface area contributed by atoms with Crippen LogP contribution >= 0.6 is 0 Å². The van der Waals surface area contributed by atoms with E-state index in [-0.39, 0.29) is 0 Å². The Morgan fingerprint density at radius 2 is 2.08 bits per heavy atom. The standard InChI is InChI=1S/C12H20/c1-4-6-7-12-10(3)8-9-11(12)5-2/h8H,4-7,9H2,1-3H3. The minimum Gasteiger partial charge on any atom is -0.0772 e. The summed E-state index contributed by atoms with van der Waals surface area (Å²) in [4.78, 5) is 0. The molecule has 0 aromatic heterocycles. The first-order chi connectivity index (χ1) is 5.79. The maximum atomic E-state index is 2.38. The molecule has 0 aliphatic heterocycles. The van der Waals surface area contributed by atoms with Gasteiger partial charge in [0.1, 0.15) is 0 Å². The molecule has 0 fully saturated rings. The summed E-state index contributed by atoms with van der Waals surface area (Å²) < 4.78 is 0. The fraction of sp³-hybridized carbons (Fsp3) is 0.667. The van der Waals surface area contributed by atoms with Gasteiger partial charge in [0.15, 0.2) is 0 Å². The van der Waals surface area contributed by atoms with Crippen LogP contribution in [-0.4, -0.2) is 0 Å². The van der Waals surface area contributed by atoms with Gasteiger partial charge in [-0.15, -0.1) is 0 Å². The van der Waals surface area contributed by atoms with Gasteiger partial charge in [-0.1, -0.05) is 37.5 Å². The van der Waals surface area contributed by atoms with E-state index in [0.717, 1.165) is 0 Å². The van der Waals surface area contributed by atoms with Crippen molar-refractivity contribution in [3.63, 3.8) is 0 Å². The first-order valence-electron chi connectivity index (χ1n) is 5.17. The molecule has 0 bridgehead atoms. The minimum atomic E-state index is 1.22. The van der Waals surface area contributed by atoms with Gasteiger partial charge < -0.3 is 0 Å². The molecule has 68 valence electrons. The molecule has 1 rings (SSSR count).